The Kier molecular flexibility index (Phi) is 2.42. The highest BCUT2D eigenvalue weighted by Crippen LogP contribution is 2.29. The number of thiophene rings is 1. The van der Waals surface area contributed by atoms with Gasteiger partial charge < -0.3 is 5.32 Å². The minimum absolute atomic E-state index is 0.194. The minimum Gasteiger partial charge on any atom is -0.316 e. The maximum Gasteiger partial charge on any atom is 0.0941 e. The lowest BCUT2D eigenvalue weighted by atomic mass is 9.92. The molecule has 2 rings (SSSR count). The van der Waals surface area contributed by atoms with Gasteiger partial charge in [0.15, 0.2) is 0 Å². The first kappa shape index (κ1) is 8.20. The van der Waals surface area contributed by atoms with Crippen molar-refractivity contribution in [3.63, 3.8) is 0 Å². The van der Waals surface area contributed by atoms with Crippen molar-refractivity contribution in [3.8, 4) is 0 Å². The molecule has 1 fully saturated rings. The van der Waals surface area contributed by atoms with Gasteiger partial charge in [0.2, 0.25) is 0 Å². The molecule has 0 aliphatic carbocycles. The van der Waals surface area contributed by atoms with Crippen LogP contribution in [0.15, 0.2) is 16.8 Å². The Balaban J connectivity index is 2.13. The summed E-state index contributed by atoms with van der Waals surface area (Å²) in [7, 11) is 0. The van der Waals surface area contributed by atoms with E-state index in [1.54, 1.807) is 11.3 Å². The number of hydrogen-bond acceptors (Lipinski definition) is 2. The summed E-state index contributed by atoms with van der Waals surface area (Å²) in [6.07, 6.45) is 0. The first-order valence-corrected chi connectivity index (χ1v) is 5.15. The molecule has 0 bridgehead atoms. The van der Waals surface area contributed by atoms with Crippen molar-refractivity contribution in [2.24, 2.45) is 5.92 Å². The number of hydrogen-bond donors (Lipinski definition) is 1. The third-order valence-corrected chi connectivity index (χ3v) is 3.21. The van der Waals surface area contributed by atoms with Gasteiger partial charge >= 0.3 is 0 Å². The van der Waals surface area contributed by atoms with E-state index in [9.17, 15) is 4.39 Å². The van der Waals surface area contributed by atoms with Crippen LogP contribution in [0.4, 0.5) is 4.39 Å². The van der Waals surface area contributed by atoms with Crippen LogP contribution < -0.4 is 5.32 Å². The maximum atomic E-state index is 12.5. The lowest BCUT2D eigenvalue weighted by Crippen LogP contribution is -2.11. The molecule has 66 valence electrons. The zero-order valence-electron chi connectivity index (χ0n) is 6.79. The summed E-state index contributed by atoms with van der Waals surface area (Å²) in [5, 5.41) is 7.41. The molecule has 1 aromatic rings. The van der Waals surface area contributed by atoms with Crippen LogP contribution in [0.1, 0.15) is 11.5 Å². The van der Waals surface area contributed by atoms with E-state index in [1.165, 1.54) is 5.56 Å². The summed E-state index contributed by atoms with van der Waals surface area (Å²) in [5.74, 6) is 0.598. The second-order valence-electron chi connectivity index (χ2n) is 3.24. The van der Waals surface area contributed by atoms with Crippen LogP contribution in [0.2, 0.25) is 0 Å². The van der Waals surface area contributed by atoms with Gasteiger partial charge in [-0.2, -0.15) is 11.3 Å². The Morgan fingerprint density at radius 1 is 1.58 bits per heavy atom. The molecule has 2 heterocycles. The SMILES string of the molecule is FC[C@H]1CNC[C@@H]1c1ccsc1. The summed E-state index contributed by atoms with van der Waals surface area (Å²) in [5.41, 5.74) is 1.30. The fourth-order valence-electron chi connectivity index (χ4n) is 1.77. The average molecular weight is 185 g/mol. The molecule has 1 saturated heterocycles. The number of nitrogens with one attached hydrogen (secondary N) is 1. The third-order valence-electron chi connectivity index (χ3n) is 2.51. The molecular formula is C9H12FNS. The Morgan fingerprint density at radius 3 is 3.17 bits per heavy atom. The van der Waals surface area contributed by atoms with E-state index >= 15 is 0 Å². The topological polar surface area (TPSA) is 12.0 Å². The highest BCUT2D eigenvalue weighted by atomic mass is 32.1. The molecule has 0 spiro atoms. The highest BCUT2D eigenvalue weighted by Gasteiger charge is 2.28. The van der Waals surface area contributed by atoms with Gasteiger partial charge in [0.25, 0.3) is 0 Å². The van der Waals surface area contributed by atoms with Crippen LogP contribution in [0.3, 0.4) is 0 Å². The molecule has 0 radical (unpaired) electrons. The standard InChI is InChI=1S/C9H12FNS/c10-3-8-4-11-5-9(8)7-1-2-12-6-7/h1-2,6,8-9,11H,3-5H2/t8-,9+/m0/s1. The Labute approximate surface area is 75.6 Å². The molecule has 12 heavy (non-hydrogen) atoms. The van der Waals surface area contributed by atoms with Gasteiger partial charge in [0.05, 0.1) is 6.67 Å². The van der Waals surface area contributed by atoms with Crippen molar-refractivity contribution >= 4 is 11.3 Å². The van der Waals surface area contributed by atoms with Crippen LogP contribution in [0, 0.1) is 5.92 Å². The Morgan fingerprint density at radius 2 is 2.50 bits per heavy atom. The zero-order valence-corrected chi connectivity index (χ0v) is 7.61. The quantitative estimate of drug-likeness (QED) is 0.743. The molecule has 0 unspecified atom stereocenters. The summed E-state index contributed by atoms with van der Waals surface area (Å²) in [4.78, 5) is 0. The van der Waals surface area contributed by atoms with Crippen LogP contribution in [0.5, 0.6) is 0 Å². The van der Waals surface area contributed by atoms with Crippen LogP contribution >= 0.6 is 11.3 Å². The second kappa shape index (κ2) is 3.54. The van der Waals surface area contributed by atoms with Crippen molar-refractivity contribution in [1.29, 1.82) is 0 Å². The number of alkyl halides is 1. The van der Waals surface area contributed by atoms with E-state index in [-0.39, 0.29) is 12.6 Å². The van der Waals surface area contributed by atoms with Gasteiger partial charge in [-0.15, -0.1) is 0 Å². The summed E-state index contributed by atoms with van der Waals surface area (Å²) >= 11 is 1.69. The van der Waals surface area contributed by atoms with E-state index in [0.717, 1.165) is 13.1 Å². The molecule has 0 amide bonds. The molecule has 1 aliphatic heterocycles. The molecule has 0 saturated carbocycles. The highest BCUT2D eigenvalue weighted by molar-refractivity contribution is 7.07. The van der Waals surface area contributed by atoms with Crippen LogP contribution in [0.25, 0.3) is 0 Å². The van der Waals surface area contributed by atoms with Gasteiger partial charge in [-0.05, 0) is 22.4 Å². The molecular weight excluding hydrogens is 173 g/mol. The summed E-state index contributed by atoms with van der Waals surface area (Å²) in [6.45, 7) is 1.57. The first-order valence-electron chi connectivity index (χ1n) is 4.20. The predicted molar refractivity (Wildman–Crippen MR) is 49.4 cm³/mol. The largest absolute Gasteiger partial charge is 0.316 e. The van der Waals surface area contributed by atoms with E-state index < -0.39 is 0 Å². The van der Waals surface area contributed by atoms with Crippen molar-refractivity contribution < 1.29 is 4.39 Å². The number of halogens is 1. The predicted octanol–water partition coefficient (Wildman–Crippen LogP) is 2.02. The van der Waals surface area contributed by atoms with Crippen molar-refractivity contribution in [2.45, 2.75) is 5.92 Å². The molecule has 0 aromatic carbocycles. The summed E-state index contributed by atoms with van der Waals surface area (Å²) in [6, 6.07) is 2.10. The van der Waals surface area contributed by atoms with E-state index in [1.807, 2.05) is 0 Å². The molecule has 1 aromatic heterocycles. The van der Waals surface area contributed by atoms with Gasteiger partial charge in [-0.25, -0.2) is 0 Å². The van der Waals surface area contributed by atoms with Gasteiger partial charge in [-0.1, -0.05) is 0 Å². The molecule has 1 nitrogen and oxygen atoms in total. The van der Waals surface area contributed by atoms with Gasteiger partial charge in [0.1, 0.15) is 0 Å². The fraction of sp³-hybridized carbons (Fsp3) is 0.556. The van der Waals surface area contributed by atoms with Crippen LogP contribution in [-0.2, 0) is 0 Å². The van der Waals surface area contributed by atoms with Crippen molar-refractivity contribution in [2.75, 3.05) is 19.8 Å². The molecule has 2 atom stereocenters. The Hall–Kier alpha value is -0.410. The maximum absolute atomic E-state index is 12.5. The van der Waals surface area contributed by atoms with E-state index in [4.69, 9.17) is 0 Å². The van der Waals surface area contributed by atoms with Gasteiger partial charge in [-0.3, -0.25) is 4.39 Å². The molecule has 1 aliphatic rings. The molecule has 3 heteroatoms. The summed E-state index contributed by atoms with van der Waals surface area (Å²) < 4.78 is 12.5. The normalized spacial score (nSPS) is 29.4. The monoisotopic (exact) mass is 185 g/mol. The van der Waals surface area contributed by atoms with E-state index in [2.05, 4.69) is 22.1 Å². The van der Waals surface area contributed by atoms with E-state index in [0.29, 0.717) is 5.92 Å². The second-order valence-corrected chi connectivity index (χ2v) is 4.02. The third kappa shape index (κ3) is 1.39. The first-order chi connectivity index (χ1) is 5.92. The fourth-order valence-corrected chi connectivity index (χ4v) is 2.50. The smallest absolute Gasteiger partial charge is 0.0941 e. The lowest BCUT2D eigenvalue weighted by molar-refractivity contribution is 0.359. The van der Waals surface area contributed by atoms with Crippen molar-refractivity contribution in [3.05, 3.63) is 22.4 Å². The van der Waals surface area contributed by atoms with Gasteiger partial charge in [0, 0.05) is 24.9 Å². The lowest BCUT2D eigenvalue weighted by Gasteiger charge is -2.12. The number of rotatable bonds is 2. The molecule has 1 N–H and O–H groups in total. The Bertz CT molecular complexity index is 235. The van der Waals surface area contributed by atoms with Crippen molar-refractivity contribution in [1.82, 2.24) is 5.32 Å². The van der Waals surface area contributed by atoms with Crippen LogP contribution in [-0.4, -0.2) is 19.8 Å². The minimum atomic E-state index is -0.201. The zero-order chi connectivity index (χ0) is 8.39. The average Bonchev–Trinajstić information content (AvgIpc) is 2.74.